The summed E-state index contributed by atoms with van der Waals surface area (Å²) in [5, 5.41) is 4.85. The number of aryl methyl sites for hydroxylation is 2. The number of benzene rings is 1. The number of hydrogen-bond acceptors (Lipinski definition) is 2. The SMILES string of the molecule is CCn1nc(C)c(Cl)c1CC(N)c1cc(F)cc(F)c1. The molecule has 0 fully saturated rings. The van der Waals surface area contributed by atoms with Gasteiger partial charge in [-0.2, -0.15) is 5.10 Å². The second-order valence-electron chi connectivity index (χ2n) is 4.68. The van der Waals surface area contributed by atoms with Crippen molar-refractivity contribution in [3.8, 4) is 0 Å². The number of rotatable bonds is 4. The maximum atomic E-state index is 13.2. The third-order valence-corrected chi connectivity index (χ3v) is 3.67. The quantitative estimate of drug-likeness (QED) is 0.940. The molecule has 0 bridgehead atoms. The molecule has 0 aliphatic rings. The average molecular weight is 300 g/mol. The molecular weight excluding hydrogens is 284 g/mol. The lowest BCUT2D eigenvalue weighted by Crippen LogP contribution is -2.17. The maximum Gasteiger partial charge on any atom is 0.126 e. The van der Waals surface area contributed by atoms with E-state index in [1.807, 2.05) is 13.8 Å². The molecule has 0 radical (unpaired) electrons. The van der Waals surface area contributed by atoms with Crippen molar-refractivity contribution in [1.82, 2.24) is 9.78 Å². The van der Waals surface area contributed by atoms with Crippen LogP contribution in [0.5, 0.6) is 0 Å². The zero-order valence-corrected chi connectivity index (χ0v) is 12.1. The lowest BCUT2D eigenvalue weighted by atomic mass is 10.0. The van der Waals surface area contributed by atoms with E-state index in [2.05, 4.69) is 5.10 Å². The number of nitrogens with zero attached hydrogens (tertiary/aromatic N) is 2. The van der Waals surface area contributed by atoms with Crippen LogP contribution in [0.2, 0.25) is 5.02 Å². The van der Waals surface area contributed by atoms with Gasteiger partial charge in [0, 0.05) is 25.1 Å². The van der Waals surface area contributed by atoms with Gasteiger partial charge in [-0.25, -0.2) is 8.78 Å². The summed E-state index contributed by atoms with van der Waals surface area (Å²) in [6.45, 7) is 4.41. The summed E-state index contributed by atoms with van der Waals surface area (Å²) in [7, 11) is 0. The van der Waals surface area contributed by atoms with Crippen LogP contribution >= 0.6 is 11.6 Å². The van der Waals surface area contributed by atoms with E-state index in [0.717, 1.165) is 17.5 Å². The Morgan fingerprint density at radius 1 is 1.30 bits per heavy atom. The topological polar surface area (TPSA) is 43.8 Å². The molecule has 2 N–H and O–H groups in total. The van der Waals surface area contributed by atoms with Gasteiger partial charge in [-0.15, -0.1) is 0 Å². The minimum Gasteiger partial charge on any atom is -0.324 e. The van der Waals surface area contributed by atoms with Crippen LogP contribution in [0.3, 0.4) is 0 Å². The predicted octanol–water partition coefficient (Wildman–Crippen LogP) is 3.39. The standard InChI is InChI=1S/C14H16ClF2N3/c1-3-20-13(14(15)8(2)19-20)7-12(18)9-4-10(16)6-11(17)5-9/h4-6,12H,3,7,18H2,1-2H3. The first-order chi connectivity index (χ1) is 9.42. The largest absolute Gasteiger partial charge is 0.324 e. The smallest absolute Gasteiger partial charge is 0.126 e. The summed E-state index contributed by atoms with van der Waals surface area (Å²) in [6, 6.07) is 2.76. The lowest BCUT2D eigenvalue weighted by Gasteiger charge is -2.14. The first-order valence-corrected chi connectivity index (χ1v) is 6.73. The highest BCUT2D eigenvalue weighted by molar-refractivity contribution is 6.31. The molecule has 20 heavy (non-hydrogen) atoms. The van der Waals surface area contributed by atoms with Gasteiger partial charge in [0.2, 0.25) is 0 Å². The Balaban J connectivity index is 2.29. The molecule has 6 heteroatoms. The molecule has 0 spiro atoms. The van der Waals surface area contributed by atoms with Crippen LogP contribution in [0.25, 0.3) is 0 Å². The van der Waals surface area contributed by atoms with Gasteiger partial charge in [0.1, 0.15) is 11.6 Å². The molecule has 2 rings (SSSR count). The first-order valence-electron chi connectivity index (χ1n) is 6.35. The third-order valence-electron chi connectivity index (χ3n) is 3.18. The van der Waals surface area contributed by atoms with Crippen LogP contribution in [0.4, 0.5) is 8.78 Å². The molecule has 108 valence electrons. The van der Waals surface area contributed by atoms with Crippen molar-refractivity contribution in [3.63, 3.8) is 0 Å². The minimum atomic E-state index is -0.637. The molecule has 3 nitrogen and oxygen atoms in total. The number of nitrogens with two attached hydrogens (primary N) is 1. The fourth-order valence-corrected chi connectivity index (χ4v) is 2.39. The van der Waals surface area contributed by atoms with E-state index in [1.165, 1.54) is 12.1 Å². The first kappa shape index (κ1) is 14.9. The minimum absolute atomic E-state index is 0.371. The van der Waals surface area contributed by atoms with Gasteiger partial charge in [-0.1, -0.05) is 11.6 Å². The zero-order valence-electron chi connectivity index (χ0n) is 11.3. The van der Waals surface area contributed by atoms with Gasteiger partial charge in [-0.3, -0.25) is 4.68 Å². The van der Waals surface area contributed by atoms with Crippen molar-refractivity contribution in [2.24, 2.45) is 5.73 Å². The summed E-state index contributed by atoms with van der Waals surface area (Å²) >= 11 is 6.20. The second-order valence-corrected chi connectivity index (χ2v) is 5.05. The fraction of sp³-hybridized carbons (Fsp3) is 0.357. The van der Waals surface area contributed by atoms with Gasteiger partial charge in [0.15, 0.2) is 0 Å². The summed E-state index contributed by atoms with van der Waals surface area (Å²) in [5.74, 6) is -1.27. The van der Waals surface area contributed by atoms with Gasteiger partial charge in [-0.05, 0) is 31.5 Å². The van der Waals surface area contributed by atoms with Crippen LogP contribution in [-0.4, -0.2) is 9.78 Å². The zero-order chi connectivity index (χ0) is 14.9. The molecule has 1 aromatic heterocycles. The number of hydrogen-bond donors (Lipinski definition) is 1. The molecule has 0 saturated carbocycles. The van der Waals surface area contributed by atoms with Gasteiger partial charge >= 0.3 is 0 Å². The second kappa shape index (κ2) is 5.89. The molecule has 1 unspecified atom stereocenters. The Bertz CT molecular complexity index is 605. The Morgan fingerprint density at radius 3 is 2.45 bits per heavy atom. The van der Waals surface area contributed by atoms with E-state index >= 15 is 0 Å². The summed E-state index contributed by atoms with van der Waals surface area (Å²) in [6.07, 6.45) is 0.371. The van der Waals surface area contributed by atoms with Crippen molar-refractivity contribution in [3.05, 3.63) is 51.8 Å². The van der Waals surface area contributed by atoms with E-state index in [9.17, 15) is 8.78 Å². The summed E-state index contributed by atoms with van der Waals surface area (Å²) < 4.78 is 28.2. The maximum absolute atomic E-state index is 13.2. The molecule has 1 heterocycles. The highest BCUT2D eigenvalue weighted by Gasteiger charge is 2.17. The van der Waals surface area contributed by atoms with Crippen molar-refractivity contribution < 1.29 is 8.78 Å². The normalized spacial score (nSPS) is 12.7. The third kappa shape index (κ3) is 2.99. The van der Waals surface area contributed by atoms with E-state index in [0.29, 0.717) is 23.6 Å². The number of halogens is 3. The molecule has 0 aliphatic heterocycles. The van der Waals surface area contributed by atoms with Gasteiger partial charge in [0.05, 0.1) is 16.4 Å². The van der Waals surface area contributed by atoms with E-state index in [-0.39, 0.29) is 0 Å². The lowest BCUT2D eigenvalue weighted by molar-refractivity contribution is 0.562. The van der Waals surface area contributed by atoms with Crippen molar-refractivity contribution in [2.75, 3.05) is 0 Å². The average Bonchev–Trinajstić information content (AvgIpc) is 2.65. The number of aromatic nitrogens is 2. The molecule has 1 aromatic carbocycles. The van der Waals surface area contributed by atoms with Crippen LogP contribution in [0.15, 0.2) is 18.2 Å². The van der Waals surface area contributed by atoms with Gasteiger partial charge in [0.25, 0.3) is 0 Å². The predicted molar refractivity (Wildman–Crippen MR) is 74.6 cm³/mol. The van der Waals surface area contributed by atoms with E-state index in [1.54, 1.807) is 4.68 Å². The summed E-state index contributed by atoms with van der Waals surface area (Å²) in [5.41, 5.74) is 7.94. The molecule has 0 aliphatic carbocycles. The Kier molecular flexibility index (Phi) is 4.40. The highest BCUT2D eigenvalue weighted by atomic mass is 35.5. The van der Waals surface area contributed by atoms with Crippen molar-refractivity contribution in [1.29, 1.82) is 0 Å². The Morgan fingerprint density at radius 2 is 1.90 bits per heavy atom. The molecule has 1 atom stereocenters. The fourth-order valence-electron chi connectivity index (χ4n) is 2.18. The van der Waals surface area contributed by atoms with Crippen molar-refractivity contribution >= 4 is 11.6 Å². The van der Waals surface area contributed by atoms with E-state index < -0.39 is 17.7 Å². The van der Waals surface area contributed by atoms with Crippen LogP contribution in [-0.2, 0) is 13.0 Å². The van der Waals surface area contributed by atoms with Crippen LogP contribution in [0.1, 0.15) is 29.9 Å². The Hall–Kier alpha value is -1.46. The van der Waals surface area contributed by atoms with E-state index in [4.69, 9.17) is 17.3 Å². The molecule has 2 aromatic rings. The van der Waals surface area contributed by atoms with Crippen LogP contribution in [0, 0.1) is 18.6 Å². The molecule has 0 amide bonds. The van der Waals surface area contributed by atoms with Gasteiger partial charge < -0.3 is 5.73 Å². The Labute approximate surface area is 121 Å². The van der Waals surface area contributed by atoms with Crippen molar-refractivity contribution in [2.45, 2.75) is 32.9 Å². The molecule has 0 saturated heterocycles. The highest BCUT2D eigenvalue weighted by Crippen LogP contribution is 2.25. The monoisotopic (exact) mass is 299 g/mol. The van der Waals surface area contributed by atoms with Crippen LogP contribution < -0.4 is 5.73 Å². The molecular formula is C14H16ClF2N3. The summed E-state index contributed by atoms with van der Waals surface area (Å²) in [4.78, 5) is 0.